The molecule has 2 aromatic heterocycles. The highest BCUT2D eigenvalue weighted by atomic mass is 35.5. The van der Waals surface area contributed by atoms with Gasteiger partial charge in [-0.25, -0.2) is 9.97 Å². The lowest BCUT2D eigenvalue weighted by Crippen LogP contribution is -2.17. The number of aromatic nitrogens is 3. The minimum absolute atomic E-state index is 0.200. The maximum absolute atomic E-state index is 13.2. The number of pyridine rings is 1. The van der Waals surface area contributed by atoms with Crippen molar-refractivity contribution in [3.63, 3.8) is 0 Å². The molecule has 146 valence electrons. The Morgan fingerprint density at radius 2 is 2.00 bits per heavy atom. The molecule has 0 bridgehead atoms. The molecule has 1 aromatic carbocycles. The molecule has 0 saturated carbocycles. The summed E-state index contributed by atoms with van der Waals surface area (Å²) in [6.07, 6.45) is 4.37. The molecular weight excluding hydrogens is 374 g/mol. The smallest absolute Gasteiger partial charge is 0.258 e. The van der Waals surface area contributed by atoms with Crippen molar-refractivity contribution in [3.05, 3.63) is 46.4 Å². The molecular formula is C21H24ClN5O. The van der Waals surface area contributed by atoms with Crippen molar-refractivity contribution >= 4 is 40.0 Å². The molecule has 0 aliphatic carbocycles. The number of hydrogen-bond acceptors (Lipinski definition) is 4. The zero-order chi connectivity index (χ0) is 19.8. The van der Waals surface area contributed by atoms with Gasteiger partial charge in [0.25, 0.3) is 5.91 Å². The zero-order valence-corrected chi connectivity index (χ0v) is 17.2. The average Bonchev–Trinajstić information content (AvgIpc) is 2.82. The molecule has 0 saturated heterocycles. The van der Waals surface area contributed by atoms with E-state index in [2.05, 4.69) is 9.88 Å². The number of carbonyl (C=O) groups excluding carboxylic acids is 1. The summed E-state index contributed by atoms with van der Waals surface area (Å²) < 4.78 is 2.18. The molecule has 0 fully saturated rings. The number of halogens is 1. The number of nitrogens with one attached hydrogen (secondary N) is 1. The van der Waals surface area contributed by atoms with Crippen molar-refractivity contribution in [1.82, 2.24) is 14.5 Å². The number of amides is 1. The molecule has 0 unspecified atom stereocenters. The van der Waals surface area contributed by atoms with Crippen molar-refractivity contribution in [1.29, 1.82) is 0 Å². The van der Waals surface area contributed by atoms with E-state index in [9.17, 15) is 4.79 Å². The lowest BCUT2D eigenvalue weighted by atomic mass is 10.1. The third kappa shape index (κ3) is 3.44. The van der Waals surface area contributed by atoms with Gasteiger partial charge in [-0.15, -0.1) is 0 Å². The normalized spacial score (nSPS) is 13.9. The molecule has 7 heteroatoms. The minimum atomic E-state index is -0.200. The average molecular weight is 398 g/mol. The zero-order valence-electron chi connectivity index (χ0n) is 16.4. The fourth-order valence-corrected chi connectivity index (χ4v) is 3.95. The highest BCUT2D eigenvalue weighted by Crippen LogP contribution is 2.29. The molecule has 1 amide bonds. The van der Waals surface area contributed by atoms with Gasteiger partial charge in [-0.05, 0) is 44.0 Å². The predicted molar refractivity (Wildman–Crippen MR) is 114 cm³/mol. The summed E-state index contributed by atoms with van der Waals surface area (Å²) in [5.41, 5.74) is 4.40. The molecule has 28 heavy (non-hydrogen) atoms. The number of aryl methyl sites for hydroxylation is 3. The van der Waals surface area contributed by atoms with Crippen LogP contribution in [0.1, 0.15) is 41.1 Å². The highest BCUT2D eigenvalue weighted by Gasteiger charge is 2.21. The van der Waals surface area contributed by atoms with E-state index in [4.69, 9.17) is 21.6 Å². The Hall–Kier alpha value is -2.60. The second kappa shape index (κ2) is 7.43. The molecule has 4 rings (SSSR count). The first-order valence-corrected chi connectivity index (χ1v) is 9.97. The summed E-state index contributed by atoms with van der Waals surface area (Å²) in [7, 11) is 3.86. The maximum atomic E-state index is 13.2. The van der Waals surface area contributed by atoms with E-state index in [1.165, 1.54) is 6.42 Å². The number of hydrogen-bond donors (Lipinski definition) is 1. The van der Waals surface area contributed by atoms with E-state index in [1.807, 2.05) is 44.1 Å². The number of anilines is 2. The van der Waals surface area contributed by atoms with Crippen LogP contribution in [0, 0.1) is 6.92 Å². The standard InChI is InChI=1S/C21H24ClN5O/c1-13-11-15(19-20(23-13)27-10-6-4-5-7-18(27)25-19)21(28)24-16-12-14(22)8-9-17(16)26(2)3/h8-9,11-12H,4-7,10H2,1-3H3,(H,24,28). The van der Waals surface area contributed by atoms with Gasteiger partial charge in [-0.1, -0.05) is 18.0 Å². The third-order valence-electron chi connectivity index (χ3n) is 5.13. The van der Waals surface area contributed by atoms with Gasteiger partial charge in [0.1, 0.15) is 11.3 Å². The lowest BCUT2D eigenvalue weighted by Gasteiger charge is -2.18. The van der Waals surface area contributed by atoms with E-state index in [0.717, 1.165) is 48.7 Å². The Morgan fingerprint density at radius 1 is 1.18 bits per heavy atom. The van der Waals surface area contributed by atoms with Gasteiger partial charge in [0.2, 0.25) is 0 Å². The fraction of sp³-hybridized carbons (Fsp3) is 0.381. The summed E-state index contributed by atoms with van der Waals surface area (Å²) in [6, 6.07) is 7.28. The van der Waals surface area contributed by atoms with Crippen LogP contribution in [0.25, 0.3) is 11.2 Å². The molecule has 0 spiro atoms. The van der Waals surface area contributed by atoms with Crippen LogP contribution in [0.4, 0.5) is 11.4 Å². The van der Waals surface area contributed by atoms with Gasteiger partial charge >= 0.3 is 0 Å². The van der Waals surface area contributed by atoms with Crippen LogP contribution in [0.3, 0.4) is 0 Å². The molecule has 3 heterocycles. The van der Waals surface area contributed by atoms with E-state index >= 15 is 0 Å². The first-order chi connectivity index (χ1) is 13.4. The van der Waals surface area contributed by atoms with Crippen LogP contribution in [0.5, 0.6) is 0 Å². The first-order valence-electron chi connectivity index (χ1n) is 9.59. The van der Waals surface area contributed by atoms with E-state index < -0.39 is 0 Å². The largest absolute Gasteiger partial charge is 0.376 e. The topological polar surface area (TPSA) is 63.1 Å². The van der Waals surface area contributed by atoms with Crippen molar-refractivity contribution in [2.24, 2.45) is 0 Å². The molecule has 0 atom stereocenters. The fourth-order valence-electron chi connectivity index (χ4n) is 3.78. The number of rotatable bonds is 3. The van der Waals surface area contributed by atoms with Crippen molar-refractivity contribution < 1.29 is 4.79 Å². The number of benzene rings is 1. The van der Waals surface area contributed by atoms with Crippen LogP contribution in [-0.2, 0) is 13.0 Å². The van der Waals surface area contributed by atoms with Gasteiger partial charge < -0.3 is 14.8 Å². The van der Waals surface area contributed by atoms with Crippen LogP contribution in [0.15, 0.2) is 24.3 Å². The quantitative estimate of drug-likeness (QED) is 0.709. The number of carbonyl (C=O) groups is 1. The van der Waals surface area contributed by atoms with Gasteiger partial charge in [-0.3, -0.25) is 4.79 Å². The molecule has 1 aliphatic rings. The van der Waals surface area contributed by atoms with Gasteiger partial charge in [0.05, 0.1) is 16.9 Å². The van der Waals surface area contributed by atoms with E-state index in [-0.39, 0.29) is 5.91 Å². The van der Waals surface area contributed by atoms with E-state index in [1.54, 1.807) is 6.07 Å². The summed E-state index contributed by atoms with van der Waals surface area (Å²) in [6.45, 7) is 2.82. The van der Waals surface area contributed by atoms with Crippen LogP contribution in [0.2, 0.25) is 5.02 Å². The predicted octanol–water partition coefficient (Wildman–Crippen LogP) is 4.44. The Kier molecular flexibility index (Phi) is 4.98. The van der Waals surface area contributed by atoms with Crippen LogP contribution in [-0.4, -0.2) is 34.5 Å². The number of nitrogens with zero attached hydrogens (tertiary/aromatic N) is 4. The molecule has 3 aromatic rings. The van der Waals surface area contributed by atoms with Crippen molar-refractivity contribution in [3.8, 4) is 0 Å². The van der Waals surface area contributed by atoms with Gasteiger partial charge in [-0.2, -0.15) is 0 Å². The monoisotopic (exact) mass is 397 g/mol. The lowest BCUT2D eigenvalue weighted by molar-refractivity contribution is 0.102. The SMILES string of the molecule is Cc1cc(C(=O)Nc2cc(Cl)ccc2N(C)C)c2nc3n(c2n1)CCCCC3. The Bertz CT molecular complexity index is 1060. The van der Waals surface area contributed by atoms with Gasteiger partial charge in [0, 0.05) is 37.8 Å². The second-order valence-corrected chi connectivity index (χ2v) is 7.92. The molecule has 1 N–H and O–H groups in total. The highest BCUT2D eigenvalue weighted by molar-refractivity contribution is 6.31. The van der Waals surface area contributed by atoms with Crippen LogP contribution >= 0.6 is 11.6 Å². The summed E-state index contributed by atoms with van der Waals surface area (Å²) >= 11 is 6.16. The molecule has 0 radical (unpaired) electrons. The third-order valence-corrected chi connectivity index (χ3v) is 5.36. The Labute approximate surface area is 169 Å². The molecule has 1 aliphatic heterocycles. The summed E-state index contributed by atoms with van der Waals surface area (Å²) in [5.74, 6) is 0.825. The Balaban J connectivity index is 1.77. The maximum Gasteiger partial charge on any atom is 0.258 e. The second-order valence-electron chi connectivity index (χ2n) is 7.48. The number of fused-ring (bicyclic) bond motifs is 3. The Morgan fingerprint density at radius 3 is 2.79 bits per heavy atom. The van der Waals surface area contributed by atoms with Crippen LogP contribution < -0.4 is 10.2 Å². The minimum Gasteiger partial charge on any atom is -0.376 e. The molecule has 6 nitrogen and oxygen atoms in total. The number of imidazole rings is 1. The van der Waals surface area contributed by atoms with Crippen molar-refractivity contribution in [2.45, 2.75) is 39.2 Å². The summed E-state index contributed by atoms with van der Waals surface area (Å²) in [4.78, 5) is 24.6. The first kappa shape index (κ1) is 18.7. The van der Waals surface area contributed by atoms with Gasteiger partial charge in [0.15, 0.2) is 5.65 Å². The summed E-state index contributed by atoms with van der Waals surface area (Å²) in [5, 5.41) is 3.59. The van der Waals surface area contributed by atoms with E-state index in [0.29, 0.717) is 21.8 Å². The van der Waals surface area contributed by atoms with Crippen molar-refractivity contribution in [2.75, 3.05) is 24.3 Å².